The Morgan fingerprint density at radius 1 is 0.462 bits per heavy atom. The molecule has 2 fully saturated rings. The van der Waals surface area contributed by atoms with E-state index in [9.17, 15) is 0 Å². The number of hydrogen-bond acceptors (Lipinski definition) is 24. The highest BCUT2D eigenvalue weighted by Gasteiger charge is 2.31. The maximum absolute atomic E-state index is 6.01. The summed E-state index contributed by atoms with van der Waals surface area (Å²) in [5.74, 6) is 5.35. The summed E-state index contributed by atoms with van der Waals surface area (Å²) in [6.45, 7) is 26.6. The van der Waals surface area contributed by atoms with Gasteiger partial charge in [0.1, 0.15) is 87.2 Å². The third-order valence-corrected chi connectivity index (χ3v) is 21.6. The topological polar surface area (TPSA) is 326 Å². The number of anilines is 3. The molecule has 13 rings (SSSR count). The van der Waals surface area contributed by atoms with Gasteiger partial charge in [-0.3, -0.25) is 13.7 Å². The van der Waals surface area contributed by atoms with Gasteiger partial charge in [-0.15, -0.1) is 0 Å². The van der Waals surface area contributed by atoms with Crippen molar-refractivity contribution in [2.24, 2.45) is 0 Å². The molecule has 0 amide bonds. The van der Waals surface area contributed by atoms with E-state index in [0.29, 0.717) is 73.8 Å². The third kappa shape index (κ3) is 20.3. The Labute approximate surface area is 574 Å². The lowest BCUT2D eigenvalue weighted by Crippen LogP contribution is -2.22. The number of nitrogens with zero attached hydrogens (tertiary/aromatic N) is 21. The Hall–Kier alpha value is -6.88. The normalized spacial score (nSPS) is 13.3. The van der Waals surface area contributed by atoms with E-state index in [1.54, 1.807) is 49.8 Å². The van der Waals surface area contributed by atoms with Gasteiger partial charge in [0.2, 0.25) is 0 Å². The van der Waals surface area contributed by atoms with E-state index in [2.05, 4.69) is 214 Å². The second kappa shape index (κ2) is 32.0. The molecule has 2 aliphatic carbocycles. The number of hydrogen-bond donors (Lipinski definition) is 4. The number of aromatic amines is 1. The summed E-state index contributed by atoms with van der Waals surface area (Å²) in [4.78, 5) is 80.1. The van der Waals surface area contributed by atoms with Crippen LogP contribution in [0.25, 0.3) is 44.7 Å². The fourth-order valence-corrected chi connectivity index (χ4v) is 12.6. The highest BCUT2D eigenvalue weighted by atomic mass is 127. The zero-order valence-corrected chi connectivity index (χ0v) is 61.8. The number of fused-ring (bicyclic) bond motifs is 4. The lowest BCUT2D eigenvalue weighted by atomic mass is 10.3. The average Bonchev–Trinajstić information content (AvgIpc) is 1.63. The van der Waals surface area contributed by atoms with Crippen molar-refractivity contribution in [2.45, 2.75) is 154 Å². The maximum Gasteiger partial charge on any atom is 0.183 e. The molecule has 93 heavy (non-hydrogen) atoms. The Bertz CT molecular complexity index is 4190. The molecule has 0 aliphatic heterocycles. The van der Waals surface area contributed by atoms with Gasteiger partial charge < -0.3 is 35.1 Å². The van der Waals surface area contributed by atoms with E-state index in [1.165, 1.54) is 57.3 Å². The zero-order chi connectivity index (χ0) is 65.5. The molecular formula is C59H78ClI2N25O3Si3. The van der Waals surface area contributed by atoms with E-state index < -0.39 is 24.2 Å². The van der Waals surface area contributed by atoms with E-state index >= 15 is 0 Å². The first-order chi connectivity index (χ1) is 44.7. The standard InChI is InChI=1S/C19H27N7OSi.C16H22IN7OSi.C13H13N7.C11H16ClIN4OSi/c1-28(2,3)7-6-27-13-26-18(15-4-5-15)25-16-17(23-12-24-19(16)26)22-10-14-8-20-11-21-9-14;1-26(2,3)5-4-25-11-24-15-13(23-16(24)17)14(21-10-22-15)20-8-12-6-18-9-19-7-12;1-2-9(1)11-19-10-12(17-7-18-13(10)20-11)16-5-8-3-14-6-15-4-8;1-19(2,3)5-4-18-7-17-10-8(16-11(17)13)9(12)14-6-15-10/h8-9,11-12,15H,4-7,10,13H2,1-3H3,(H,22,23,24);6-7,9-10H,4-5,8,11H2,1-3H3,(H,20,21,22);3-4,6-7,9H,1-2,5H2,(H2,16,17,18,19,20);6H,4-5,7H2,1-3H3. The first-order valence-corrected chi connectivity index (χ1v) is 44.4. The maximum atomic E-state index is 6.01. The van der Waals surface area contributed by atoms with Crippen LogP contribution >= 0.6 is 56.8 Å². The molecule has 2 aliphatic rings. The van der Waals surface area contributed by atoms with Gasteiger partial charge in [-0.1, -0.05) is 70.5 Å². The van der Waals surface area contributed by atoms with Crippen LogP contribution in [0, 0.1) is 7.66 Å². The predicted molar refractivity (Wildman–Crippen MR) is 382 cm³/mol. The van der Waals surface area contributed by atoms with Crippen LogP contribution in [0.5, 0.6) is 0 Å². The molecule has 11 aromatic heterocycles. The summed E-state index contributed by atoms with van der Waals surface area (Å²) in [7, 11) is -3.25. The molecule has 11 heterocycles. The zero-order valence-electron chi connectivity index (χ0n) is 53.7. The van der Waals surface area contributed by atoms with Gasteiger partial charge in [-0.2, -0.15) is 0 Å². The highest BCUT2D eigenvalue weighted by Crippen LogP contribution is 2.41. The largest absolute Gasteiger partial charge is 0.364 e. The van der Waals surface area contributed by atoms with Crippen molar-refractivity contribution in [3.05, 3.63) is 123 Å². The summed E-state index contributed by atoms with van der Waals surface area (Å²) in [6.07, 6.45) is 26.1. The fraction of sp³-hybridized carbons (Fsp3) is 0.458. The molecule has 28 nitrogen and oxygen atoms in total. The monoisotopic (exact) mass is 1560 g/mol. The van der Waals surface area contributed by atoms with Crippen molar-refractivity contribution in [3.8, 4) is 0 Å². The van der Waals surface area contributed by atoms with Crippen LogP contribution in [0.3, 0.4) is 0 Å². The minimum Gasteiger partial charge on any atom is -0.364 e. The Kier molecular flexibility index (Phi) is 23.8. The number of ether oxygens (including phenoxy) is 3. The molecule has 4 N–H and O–H groups in total. The summed E-state index contributed by atoms with van der Waals surface area (Å²) in [5.41, 5.74) is 9.04. The fourth-order valence-electron chi connectivity index (χ4n) is 8.97. The lowest BCUT2D eigenvalue weighted by molar-refractivity contribution is 0.0874. The molecule has 490 valence electrons. The van der Waals surface area contributed by atoms with Gasteiger partial charge in [0.15, 0.2) is 63.9 Å². The van der Waals surface area contributed by atoms with Gasteiger partial charge in [0.05, 0.1) is 0 Å². The quantitative estimate of drug-likeness (QED) is 0.0129. The summed E-state index contributed by atoms with van der Waals surface area (Å²) < 4.78 is 25.3. The van der Waals surface area contributed by atoms with Crippen molar-refractivity contribution in [1.29, 1.82) is 0 Å². The van der Waals surface area contributed by atoms with Crippen LogP contribution in [-0.2, 0) is 54.0 Å². The summed E-state index contributed by atoms with van der Waals surface area (Å²) >= 11 is 10.4. The average molecular weight is 1560 g/mol. The molecule has 0 bridgehead atoms. The van der Waals surface area contributed by atoms with Crippen molar-refractivity contribution < 1.29 is 14.2 Å². The number of nitrogens with one attached hydrogen (secondary N) is 4. The van der Waals surface area contributed by atoms with Crippen molar-refractivity contribution in [1.82, 2.24) is 108 Å². The van der Waals surface area contributed by atoms with Gasteiger partial charge in [-0.25, -0.2) is 89.7 Å². The van der Waals surface area contributed by atoms with Crippen LogP contribution in [0.1, 0.15) is 65.9 Å². The minimum absolute atomic E-state index is 0.378. The number of halogens is 3. The van der Waals surface area contributed by atoms with Crippen LogP contribution in [0.4, 0.5) is 17.5 Å². The molecule has 0 saturated heterocycles. The lowest BCUT2D eigenvalue weighted by Gasteiger charge is -2.16. The molecular weight excluding hydrogens is 1480 g/mol. The molecule has 0 spiro atoms. The number of rotatable bonds is 26. The van der Waals surface area contributed by atoms with Gasteiger partial charge >= 0.3 is 0 Å². The Balaban J connectivity index is 0.000000137. The van der Waals surface area contributed by atoms with Gasteiger partial charge in [0, 0.05) is 175 Å². The van der Waals surface area contributed by atoms with E-state index in [0.717, 1.165) is 119 Å². The SMILES string of the molecule is C[Si](C)(C)CCOCn1c(C2CC2)nc2c(NCc3cncnc3)ncnc21.C[Si](C)(C)CCOCn1c(I)nc2c(Cl)ncnc21.C[Si](C)(C)CCOCn1c(I)nc2c(NCc3cncnc3)ncnc21.c1ncc(CNc2ncnc3nc(C4CC4)[nH]c23)cn1. The minimum atomic E-state index is -1.10. The number of aromatic nitrogens is 22. The number of H-pyrrole nitrogens is 1. The Morgan fingerprint density at radius 3 is 1.31 bits per heavy atom. The molecule has 0 unspecified atom stereocenters. The van der Waals surface area contributed by atoms with E-state index in [1.807, 2.05) is 9.13 Å². The van der Waals surface area contributed by atoms with Crippen LogP contribution in [0.15, 0.2) is 81.5 Å². The highest BCUT2D eigenvalue weighted by molar-refractivity contribution is 14.1. The summed E-state index contributed by atoms with van der Waals surface area (Å²) in [5, 5.41) is 10.3. The molecule has 11 aromatic rings. The summed E-state index contributed by atoms with van der Waals surface area (Å²) in [6, 6.07) is 3.43. The molecule has 0 atom stereocenters. The third-order valence-electron chi connectivity index (χ3n) is 14.6. The molecule has 0 radical (unpaired) electrons. The Morgan fingerprint density at radius 2 is 0.849 bits per heavy atom. The van der Waals surface area contributed by atoms with Gasteiger partial charge in [-0.05, 0) is 43.8 Å². The molecule has 2 saturated carbocycles. The smallest absolute Gasteiger partial charge is 0.183 e. The second-order valence-electron chi connectivity index (χ2n) is 26.1. The number of imidazole rings is 4. The van der Waals surface area contributed by atoms with Gasteiger partial charge in [0.25, 0.3) is 0 Å². The molecule has 0 aromatic carbocycles. The van der Waals surface area contributed by atoms with Crippen LogP contribution in [0.2, 0.25) is 82.2 Å². The predicted octanol–water partition coefficient (Wildman–Crippen LogP) is 11.6. The first-order valence-electron chi connectivity index (χ1n) is 30.7. The molecule has 34 heteroatoms. The van der Waals surface area contributed by atoms with Crippen LogP contribution < -0.4 is 16.0 Å². The van der Waals surface area contributed by atoms with E-state index in [4.69, 9.17) is 30.8 Å². The van der Waals surface area contributed by atoms with Crippen LogP contribution in [-0.4, -0.2) is 152 Å². The van der Waals surface area contributed by atoms with Crippen molar-refractivity contribution in [2.75, 3.05) is 35.8 Å². The van der Waals surface area contributed by atoms with E-state index in [-0.39, 0.29) is 0 Å². The second-order valence-corrected chi connectivity index (χ2v) is 45.2. The van der Waals surface area contributed by atoms with Crippen molar-refractivity contribution in [3.63, 3.8) is 0 Å². The van der Waals surface area contributed by atoms with Crippen molar-refractivity contribution >= 4 is 143 Å². The first kappa shape index (κ1) is 69.0.